The van der Waals surface area contributed by atoms with Crippen LogP contribution >= 0.6 is 0 Å². The smallest absolute Gasteiger partial charge is 0.326 e. The lowest BCUT2D eigenvalue weighted by Crippen LogP contribution is -2.40. The molecule has 1 fully saturated rings. The van der Waals surface area contributed by atoms with E-state index in [4.69, 9.17) is 5.11 Å². The highest BCUT2D eigenvalue weighted by Crippen LogP contribution is 2.20. The molecule has 21 heavy (non-hydrogen) atoms. The van der Waals surface area contributed by atoms with Crippen molar-refractivity contribution < 1.29 is 14.7 Å². The molecule has 4 heteroatoms. The number of carbonyl (C=O) groups is 2. The molecule has 4 nitrogen and oxygen atoms in total. The van der Waals surface area contributed by atoms with E-state index in [0.717, 1.165) is 19.3 Å². The van der Waals surface area contributed by atoms with Gasteiger partial charge in [-0.3, -0.25) is 4.79 Å². The Kier molecular flexibility index (Phi) is 4.99. The van der Waals surface area contributed by atoms with Crippen molar-refractivity contribution >= 4 is 11.9 Å². The van der Waals surface area contributed by atoms with Crippen LogP contribution in [0.3, 0.4) is 0 Å². The van der Waals surface area contributed by atoms with Gasteiger partial charge in [0.2, 0.25) is 5.91 Å². The second kappa shape index (κ2) is 6.74. The number of aliphatic carboxylic acids is 1. The number of benzene rings is 1. The van der Waals surface area contributed by atoms with E-state index in [1.165, 1.54) is 21.6 Å². The molecule has 1 aliphatic rings. The number of carbonyl (C=O) groups excluding carboxylic acids is 1. The molecule has 0 spiro atoms. The number of hydrogen-bond acceptors (Lipinski definition) is 2. The molecule has 1 amide bonds. The predicted octanol–water partition coefficient (Wildman–Crippen LogP) is 2.70. The van der Waals surface area contributed by atoms with Crippen LogP contribution in [0.1, 0.15) is 42.4 Å². The summed E-state index contributed by atoms with van der Waals surface area (Å²) in [5, 5.41) is 9.10. The molecule has 1 saturated heterocycles. The van der Waals surface area contributed by atoms with E-state index in [1.54, 1.807) is 0 Å². The molecule has 0 radical (unpaired) electrons. The molecule has 1 heterocycles. The van der Waals surface area contributed by atoms with Crippen LogP contribution < -0.4 is 0 Å². The number of hydrogen-bond donors (Lipinski definition) is 1. The monoisotopic (exact) mass is 289 g/mol. The molecular weight excluding hydrogens is 266 g/mol. The van der Waals surface area contributed by atoms with Crippen molar-refractivity contribution in [1.82, 2.24) is 4.90 Å². The van der Waals surface area contributed by atoms with Gasteiger partial charge in [0.15, 0.2) is 0 Å². The largest absolute Gasteiger partial charge is 0.480 e. The van der Waals surface area contributed by atoms with Gasteiger partial charge in [-0.1, -0.05) is 23.8 Å². The van der Waals surface area contributed by atoms with Crippen molar-refractivity contribution in [2.45, 2.75) is 52.0 Å². The van der Waals surface area contributed by atoms with Crippen LogP contribution in [0.4, 0.5) is 0 Å². The Hall–Kier alpha value is -1.84. The third kappa shape index (κ3) is 3.84. The molecule has 1 aromatic carbocycles. The zero-order valence-corrected chi connectivity index (χ0v) is 12.8. The van der Waals surface area contributed by atoms with Gasteiger partial charge < -0.3 is 10.0 Å². The van der Waals surface area contributed by atoms with Crippen LogP contribution in [0.2, 0.25) is 0 Å². The van der Waals surface area contributed by atoms with Crippen LogP contribution in [0, 0.1) is 13.8 Å². The molecule has 0 aliphatic carbocycles. The Morgan fingerprint density at radius 2 is 2.10 bits per heavy atom. The molecule has 1 aliphatic heterocycles. The molecular formula is C17H23NO3. The fraction of sp³-hybridized carbons (Fsp3) is 0.529. The second-order valence-corrected chi connectivity index (χ2v) is 5.87. The Morgan fingerprint density at radius 3 is 2.76 bits per heavy atom. The van der Waals surface area contributed by atoms with E-state index in [9.17, 15) is 9.59 Å². The Morgan fingerprint density at radius 1 is 1.33 bits per heavy atom. The van der Waals surface area contributed by atoms with Gasteiger partial charge in [-0.2, -0.15) is 0 Å². The molecule has 0 bridgehead atoms. The van der Waals surface area contributed by atoms with Crippen molar-refractivity contribution in [1.29, 1.82) is 0 Å². The van der Waals surface area contributed by atoms with Crippen molar-refractivity contribution in [2.75, 3.05) is 6.54 Å². The average Bonchev–Trinajstić information content (AvgIpc) is 2.90. The number of likely N-dealkylation sites (tertiary alicyclic amines) is 1. The zero-order chi connectivity index (χ0) is 15.4. The lowest BCUT2D eigenvalue weighted by Gasteiger charge is -2.21. The highest BCUT2D eigenvalue weighted by molar-refractivity contribution is 5.84. The normalized spacial score (nSPS) is 18.0. The predicted molar refractivity (Wildman–Crippen MR) is 81.2 cm³/mol. The summed E-state index contributed by atoms with van der Waals surface area (Å²) in [7, 11) is 0. The fourth-order valence-electron chi connectivity index (χ4n) is 3.02. The molecule has 0 saturated carbocycles. The lowest BCUT2D eigenvalue weighted by molar-refractivity contribution is -0.148. The topological polar surface area (TPSA) is 57.6 Å². The van der Waals surface area contributed by atoms with E-state index in [-0.39, 0.29) is 5.91 Å². The minimum atomic E-state index is -0.879. The molecule has 1 aromatic rings. The maximum Gasteiger partial charge on any atom is 0.326 e. The number of carboxylic acid groups (broad SMARTS) is 1. The van der Waals surface area contributed by atoms with Crippen LogP contribution in [-0.2, 0) is 16.0 Å². The number of aryl methyl sites for hydroxylation is 3. The third-order valence-corrected chi connectivity index (χ3v) is 4.19. The summed E-state index contributed by atoms with van der Waals surface area (Å²) in [6.07, 6.45) is 3.43. The van der Waals surface area contributed by atoms with Crippen LogP contribution in [-0.4, -0.2) is 34.5 Å². The molecule has 1 unspecified atom stereocenters. The first kappa shape index (κ1) is 15.5. The fourth-order valence-corrected chi connectivity index (χ4v) is 3.02. The molecule has 1 atom stereocenters. The Labute approximate surface area is 125 Å². The minimum Gasteiger partial charge on any atom is -0.480 e. The SMILES string of the molecule is Cc1ccc(CCCC(=O)N2CCCC2C(=O)O)c(C)c1. The van der Waals surface area contributed by atoms with E-state index in [2.05, 4.69) is 32.0 Å². The second-order valence-electron chi connectivity index (χ2n) is 5.87. The maximum atomic E-state index is 12.2. The Balaban J connectivity index is 1.85. The van der Waals surface area contributed by atoms with Gasteiger partial charge in [0.1, 0.15) is 6.04 Å². The van der Waals surface area contributed by atoms with Gasteiger partial charge in [-0.05, 0) is 50.7 Å². The number of carboxylic acids is 1. The van der Waals surface area contributed by atoms with Crippen molar-refractivity contribution in [2.24, 2.45) is 0 Å². The highest BCUT2D eigenvalue weighted by Gasteiger charge is 2.33. The maximum absolute atomic E-state index is 12.2. The van der Waals surface area contributed by atoms with Gasteiger partial charge in [-0.25, -0.2) is 4.79 Å². The summed E-state index contributed by atoms with van der Waals surface area (Å²) in [4.78, 5) is 24.8. The summed E-state index contributed by atoms with van der Waals surface area (Å²) in [5.41, 5.74) is 3.77. The summed E-state index contributed by atoms with van der Waals surface area (Å²) in [6.45, 7) is 4.74. The first-order valence-corrected chi connectivity index (χ1v) is 7.57. The Bertz CT molecular complexity index is 539. The van der Waals surface area contributed by atoms with Crippen molar-refractivity contribution in [3.05, 3.63) is 34.9 Å². The summed E-state index contributed by atoms with van der Waals surface area (Å²) < 4.78 is 0. The third-order valence-electron chi connectivity index (χ3n) is 4.19. The summed E-state index contributed by atoms with van der Waals surface area (Å²) in [5.74, 6) is -0.903. The standard InChI is InChI=1S/C17H23NO3/c1-12-8-9-14(13(2)11-12)5-3-7-16(19)18-10-4-6-15(18)17(20)21/h8-9,11,15H,3-7,10H2,1-2H3,(H,20,21). The van der Waals surface area contributed by atoms with Gasteiger partial charge in [0.05, 0.1) is 0 Å². The quantitative estimate of drug-likeness (QED) is 0.906. The number of rotatable bonds is 5. The van der Waals surface area contributed by atoms with Crippen LogP contribution in [0.15, 0.2) is 18.2 Å². The van der Waals surface area contributed by atoms with E-state index in [0.29, 0.717) is 19.4 Å². The van der Waals surface area contributed by atoms with E-state index < -0.39 is 12.0 Å². The molecule has 1 N–H and O–H groups in total. The van der Waals surface area contributed by atoms with Crippen LogP contribution in [0.5, 0.6) is 0 Å². The molecule has 2 rings (SSSR count). The van der Waals surface area contributed by atoms with Crippen LogP contribution in [0.25, 0.3) is 0 Å². The molecule has 114 valence electrons. The molecule has 0 aromatic heterocycles. The first-order valence-electron chi connectivity index (χ1n) is 7.57. The number of amides is 1. The van der Waals surface area contributed by atoms with Gasteiger partial charge in [0, 0.05) is 13.0 Å². The highest BCUT2D eigenvalue weighted by atomic mass is 16.4. The van der Waals surface area contributed by atoms with E-state index >= 15 is 0 Å². The minimum absolute atomic E-state index is 0.0235. The lowest BCUT2D eigenvalue weighted by atomic mass is 10.0. The van der Waals surface area contributed by atoms with Crippen molar-refractivity contribution in [3.63, 3.8) is 0 Å². The number of nitrogens with zero attached hydrogens (tertiary/aromatic N) is 1. The first-order chi connectivity index (χ1) is 9.99. The summed E-state index contributed by atoms with van der Waals surface area (Å²) in [6, 6.07) is 5.74. The van der Waals surface area contributed by atoms with Gasteiger partial charge >= 0.3 is 5.97 Å². The van der Waals surface area contributed by atoms with E-state index in [1.807, 2.05) is 0 Å². The average molecular weight is 289 g/mol. The summed E-state index contributed by atoms with van der Waals surface area (Å²) >= 11 is 0. The van der Waals surface area contributed by atoms with Crippen molar-refractivity contribution in [3.8, 4) is 0 Å². The van der Waals surface area contributed by atoms with Gasteiger partial charge in [0.25, 0.3) is 0 Å². The van der Waals surface area contributed by atoms with Gasteiger partial charge in [-0.15, -0.1) is 0 Å². The zero-order valence-electron chi connectivity index (χ0n) is 12.8.